The number of thiazole rings is 1. The maximum atomic E-state index is 10.8. The van der Waals surface area contributed by atoms with Crippen LogP contribution in [0.15, 0.2) is 41.8 Å². The van der Waals surface area contributed by atoms with Gasteiger partial charge in [0.2, 0.25) is 5.88 Å². The lowest BCUT2D eigenvalue weighted by Crippen LogP contribution is -2.19. The number of amides is 1. The molecule has 0 aliphatic heterocycles. The Kier molecular flexibility index (Phi) is 8.03. The number of nitrogens with zero attached hydrogens (tertiary/aromatic N) is 2. The van der Waals surface area contributed by atoms with E-state index in [9.17, 15) is 10.1 Å². The molecule has 0 aliphatic rings. The lowest BCUT2D eigenvalue weighted by molar-refractivity contribution is 0.209. The van der Waals surface area contributed by atoms with Gasteiger partial charge in [-0.2, -0.15) is 5.26 Å². The zero-order valence-electron chi connectivity index (χ0n) is 17.9. The number of aromatic nitrogens is 1. The number of ether oxygens (including phenoxy) is 3. The molecule has 3 rings (SSSR count). The van der Waals surface area contributed by atoms with Gasteiger partial charge in [0.1, 0.15) is 30.0 Å². The topological polar surface area (TPSA) is 107 Å². The molecule has 0 radical (unpaired) electrons. The third-order valence-electron chi connectivity index (χ3n) is 4.88. The summed E-state index contributed by atoms with van der Waals surface area (Å²) < 4.78 is 16.1. The van der Waals surface area contributed by atoms with Gasteiger partial charge in [-0.05, 0) is 35.4 Å². The fourth-order valence-electron chi connectivity index (χ4n) is 3.11. The van der Waals surface area contributed by atoms with Crippen molar-refractivity contribution in [1.82, 2.24) is 4.98 Å². The minimum atomic E-state index is -0.911. The Bertz CT molecular complexity index is 1170. The first-order chi connectivity index (χ1) is 15.7. The average molecular weight is 506 g/mol. The van der Waals surface area contributed by atoms with Gasteiger partial charge in [0.15, 0.2) is 5.75 Å². The Hall–Kier alpha value is -2.99. The van der Waals surface area contributed by atoms with Crippen molar-refractivity contribution in [3.05, 3.63) is 68.5 Å². The Morgan fingerprint density at radius 2 is 1.94 bits per heavy atom. The van der Waals surface area contributed by atoms with Crippen LogP contribution in [0.2, 0.25) is 5.02 Å². The van der Waals surface area contributed by atoms with Crippen LogP contribution in [0, 0.1) is 11.3 Å². The number of alkyl halides is 1. The number of carbonyl (C=O) groups excluding carboxylic acids is 1. The average Bonchev–Trinajstić information content (AvgIpc) is 3.23. The number of nitrogens with two attached hydrogens (primary N) is 1. The van der Waals surface area contributed by atoms with E-state index in [1.165, 1.54) is 11.3 Å². The largest absolute Gasteiger partial charge is 0.489 e. The van der Waals surface area contributed by atoms with Gasteiger partial charge in [-0.25, -0.2) is 9.78 Å². The monoisotopic (exact) mass is 505 g/mol. The van der Waals surface area contributed by atoms with Crippen molar-refractivity contribution in [2.45, 2.75) is 25.9 Å². The molecule has 172 valence electrons. The maximum Gasteiger partial charge on any atom is 0.411 e. The molecule has 0 saturated heterocycles. The number of carbonyl (C=O) groups is 1. The van der Waals surface area contributed by atoms with Crippen LogP contribution in [0.5, 0.6) is 17.4 Å². The van der Waals surface area contributed by atoms with Gasteiger partial charge in [0.25, 0.3) is 0 Å². The highest BCUT2D eigenvalue weighted by Crippen LogP contribution is 2.38. The molecule has 1 aromatic heterocycles. The highest BCUT2D eigenvalue weighted by atomic mass is 35.5. The fourth-order valence-corrected chi connectivity index (χ4v) is 4.07. The normalized spacial score (nSPS) is 11.0. The first-order valence-corrected chi connectivity index (χ1v) is 11.6. The van der Waals surface area contributed by atoms with Gasteiger partial charge >= 0.3 is 6.09 Å². The van der Waals surface area contributed by atoms with E-state index in [2.05, 4.69) is 11.1 Å². The van der Waals surface area contributed by atoms with E-state index in [4.69, 9.17) is 43.1 Å². The standard InChI is InChI=1S/C23H21Cl2N3O4S/c1-23(2,16-9-14(11-26)21(18(25)10-16)30-8-7-24)15-3-5-17(6-4-15)31-12-20-28-19(13-33-20)32-22(27)29/h3-6,9-10,13H,7-8,12H2,1-2H3,(H2,27,29). The van der Waals surface area contributed by atoms with Gasteiger partial charge in [-0.3, -0.25) is 0 Å². The van der Waals surface area contributed by atoms with E-state index >= 15 is 0 Å². The van der Waals surface area contributed by atoms with Crippen molar-refractivity contribution < 1.29 is 19.0 Å². The predicted octanol–water partition coefficient (Wildman–Crippen LogP) is 5.65. The molecule has 0 atom stereocenters. The first kappa shape index (κ1) is 24.6. The van der Waals surface area contributed by atoms with E-state index in [0.717, 1.165) is 11.1 Å². The zero-order valence-corrected chi connectivity index (χ0v) is 20.3. The second-order valence-electron chi connectivity index (χ2n) is 7.42. The molecule has 1 amide bonds. The van der Waals surface area contributed by atoms with Crippen molar-refractivity contribution in [2.75, 3.05) is 12.5 Å². The SMILES string of the molecule is CC(C)(c1ccc(OCc2nc(OC(N)=O)cs2)cc1)c1cc(Cl)c(OCCCl)c(C#N)c1. The van der Waals surface area contributed by atoms with E-state index in [1.807, 2.05) is 44.2 Å². The predicted molar refractivity (Wildman–Crippen MR) is 128 cm³/mol. The molecule has 0 aliphatic carbocycles. The maximum absolute atomic E-state index is 10.8. The van der Waals surface area contributed by atoms with Gasteiger partial charge < -0.3 is 19.9 Å². The number of benzene rings is 2. The summed E-state index contributed by atoms with van der Waals surface area (Å²) in [5.41, 5.74) is 6.79. The number of hydrogen-bond acceptors (Lipinski definition) is 7. The van der Waals surface area contributed by atoms with Crippen molar-refractivity contribution in [1.29, 1.82) is 5.26 Å². The summed E-state index contributed by atoms with van der Waals surface area (Å²) in [5, 5.41) is 12.2. The molecule has 0 spiro atoms. The second kappa shape index (κ2) is 10.8. The summed E-state index contributed by atoms with van der Waals surface area (Å²) in [4.78, 5) is 14.9. The minimum Gasteiger partial charge on any atom is -0.489 e. The molecule has 33 heavy (non-hydrogen) atoms. The van der Waals surface area contributed by atoms with Crippen molar-refractivity contribution >= 4 is 40.6 Å². The molecule has 0 unspecified atom stereocenters. The first-order valence-electron chi connectivity index (χ1n) is 9.82. The van der Waals surface area contributed by atoms with Gasteiger partial charge in [-0.1, -0.05) is 37.6 Å². The van der Waals surface area contributed by atoms with E-state index in [-0.39, 0.29) is 19.1 Å². The van der Waals surface area contributed by atoms with E-state index in [0.29, 0.717) is 33.0 Å². The smallest absolute Gasteiger partial charge is 0.411 e. The van der Waals surface area contributed by atoms with Crippen LogP contribution in [0.1, 0.15) is 35.5 Å². The molecule has 1 heterocycles. The lowest BCUT2D eigenvalue weighted by atomic mass is 9.77. The third-order valence-corrected chi connectivity index (χ3v) is 6.12. The molecule has 0 bridgehead atoms. The third kappa shape index (κ3) is 6.08. The van der Waals surface area contributed by atoms with Crippen LogP contribution < -0.4 is 19.9 Å². The summed E-state index contributed by atoms with van der Waals surface area (Å²) in [6.07, 6.45) is -0.911. The Balaban J connectivity index is 1.74. The fraction of sp³-hybridized carbons (Fsp3) is 0.261. The lowest BCUT2D eigenvalue weighted by Gasteiger charge is -2.27. The van der Waals surface area contributed by atoms with Gasteiger partial charge in [0, 0.05) is 5.41 Å². The Labute approximate surface area is 205 Å². The Morgan fingerprint density at radius 3 is 2.58 bits per heavy atom. The summed E-state index contributed by atoms with van der Waals surface area (Å²) in [7, 11) is 0. The zero-order chi connectivity index (χ0) is 24.0. The van der Waals surface area contributed by atoms with Crippen molar-refractivity contribution in [3.8, 4) is 23.4 Å². The van der Waals surface area contributed by atoms with Crippen LogP contribution in [0.3, 0.4) is 0 Å². The van der Waals surface area contributed by atoms with E-state index < -0.39 is 11.5 Å². The Morgan fingerprint density at radius 1 is 1.21 bits per heavy atom. The highest BCUT2D eigenvalue weighted by molar-refractivity contribution is 7.09. The summed E-state index contributed by atoms with van der Waals surface area (Å²) >= 11 is 13.4. The molecule has 0 fully saturated rings. The van der Waals surface area contributed by atoms with Crippen molar-refractivity contribution in [3.63, 3.8) is 0 Å². The number of primary amides is 1. The van der Waals surface area contributed by atoms with Crippen LogP contribution in [0.4, 0.5) is 4.79 Å². The summed E-state index contributed by atoms with van der Waals surface area (Å²) in [5.74, 6) is 1.45. The molecule has 3 aromatic rings. The van der Waals surface area contributed by atoms with Crippen LogP contribution in [-0.2, 0) is 12.0 Å². The van der Waals surface area contributed by atoms with Crippen LogP contribution in [0.25, 0.3) is 0 Å². The van der Waals surface area contributed by atoms with Crippen LogP contribution >= 0.6 is 34.5 Å². The highest BCUT2D eigenvalue weighted by Gasteiger charge is 2.26. The molecule has 0 saturated carbocycles. The molecule has 10 heteroatoms. The van der Waals surface area contributed by atoms with Gasteiger partial charge in [0.05, 0.1) is 21.8 Å². The molecular weight excluding hydrogens is 485 g/mol. The second-order valence-corrected chi connectivity index (χ2v) is 9.15. The molecule has 7 nitrogen and oxygen atoms in total. The quantitative estimate of drug-likeness (QED) is 0.376. The van der Waals surface area contributed by atoms with Crippen LogP contribution in [-0.4, -0.2) is 23.6 Å². The number of hydrogen-bond donors (Lipinski definition) is 1. The van der Waals surface area contributed by atoms with E-state index in [1.54, 1.807) is 11.4 Å². The minimum absolute atomic E-state index is 0.151. The van der Waals surface area contributed by atoms with Gasteiger partial charge in [-0.15, -0.1) is 22.9 Å². The summed E-state index contributed by atoms with van der Waals surface area (Å²) in [6.45, 7) is 4.58. The summed E-state index contributed by atoms with van der Waals surface area (Å²) in [6, 6.07) is 13.4. The number of nitriles is 1. The number of halogens is 2. The molecule has 2 aromatic carbocycles. The number of rotatable bonds is 9. The molecular formula is C23H21Cl2N3O4S. The van der Waals surface area contributed by atoms with Crippen molar-refractivity contribution in [2.24, 2.45) is 5.73 Å². The molecule has 2 N–H and O–H groups in total.